The second-order valence-electron chi connectivity index (χ2n) is 6.97. The molecule has 0 saturated carbocycles. The Bertz CT molecular complexity index is 618. The average Bonchev–Trinajstić information content (AvgIpc) is 3.20. The second-order valence-corrected chi connectivity index (χ2v) is 6.97. The lowest BCUT2D eigenvalue weighted by Gasteiger charge is -2.34. The second kappa shape index (κ2) is 6.83. The van der Waals surface area contributed by atoms with Crippen molar-refractivity contribution in [3.63, 3.8) is 0 Å². The zero-order valence-electron chi connectivity index (χ0n) is 14.8. The molecular formula is C17H27N5O2. The Morgan fingerprint density at radius 2 is 1.75 bits per heavy atom. The molecule has 2 saturated heterocycles. The highest BCUT2D eigenvalue weighted by Crippen LogP contribution is 2.32. The van der Waals surface area contributed by atoms with Crippen LogP contribution >= 0.6 is 0 Å². The number of rotatable bonds is 2. The minimum absolute atomic E-state index is 0.0169. The summed E-state index contributed by atoms with van der Waals surface area (Å²) >= 11 is 0. The third kappa shape index (κ3) is 3.25. The number of nitrogens with one attached hydrogen (secondary N) is 1. The maximum absolute atomic E-state index is 12.7. The molecule has 1 unspecified atom stereocenters. The van der Waals surface area contributed by atoms with Crippen molar-refractivity contribution in [3.8, 4) is 0 Å². The number of carbonyl (C=O) groups excluding carboxylic acids is 2. The minimum Gasteiger partial charge on any atom is -0.341 e. The molecule has 1 atom stereocenters. The fourth-order valence-electron chi connectivity index (χ4n) is 4.06. The molecule has 2 fully saturated rings. The molecule has 3 rings (SSSR count). The Morgan fingerprint density at radius 1 is 1.12 bits per heavy atom. The molecule has 7 heteroatoms. The summed E-state index contributed by atoms with van der Waals surface area (Å²) in [6, 6.07) is 1.88. The van der Waals surface area contributed by atoms with Crippen molar-refractivity contribution in [1.29, 1.82) is 0 Å². The van der Waals surface area contributed by atoms with Crippen LogP contribution in [0.15, 0.2) is 6.07 Å². The molecule has 132 valence electrons. The van der Waals surface area contributed by atoms with E-state index in [4.69, 9.17) is 0 Å². The highest BCUT2D eigenvalue weighted by atomic mass is 16.2. The summed E-state index contributed by atoms with van der Waals surface area (Å²) in [6.07, 6.45) is 3.13. The van der Waals surface area contributed by atoms with E-state index in [9.17, 15) is 9.59 Å². The SMILES string of the molecule is CNC(=O)N1CCC(C2CCN(C(=O)c3cc(C)nn3C)C2)CC1. The van der Waals surface area contributed by atoms with Crippen LogP contribution < -0.4 is 5.32 Å². The van der Waals surface area contributed by atoms with Gasteiger partial charge in [0.2, 0.25) is 0 Å². The zero-order chi connectivity index (χ0) is 17.3. The molecule has 2 aliphatic heterocycles. The molecule has 0 aromatic carbocycles. The number of hydrogen-bond donors (Lipinski definition) is 1. The maximum Gasteiger partial charge on any atom is 0.317 e. The Labute approximate surface area is 143 Å². The van der Waals surface area contributed by atoms with Gasteiger partial charge in [-0.1, -0.05) is 0 Å². The predicted molar refractivity (Wildman–Crippen MR) is 90.7 cm³/mol. The first-order valence-corrected chi connectivity index (χ1v) is 8.76. The van der Waals surface area contributed by atoms with Crippen LogP contribution in [0.5, 0.6) is 0 Å². The van der Waals surface area contributed by atoms with Crippen LogP contribution in [0.25, 0.3) is 0 Å². The Morgan fingerprint density at radius 3 is 2.33 bits per heavy atom. The summed E-state index contributed by atoms with van der Waals surface area (Å²) in [7, 11) is 3.50. The van der Waals surface area contributed by atoms with Gasteiger partial charge in [-0.05, 0) is 44.1 Å². The van der Waals surface area contributed by atoms with E-state index >= 15 is 0 Å². The fraction of sp³-hybridized carbons (Fsp3) is 0.706. The lowest BCUT2D eigenvalue weighted by molar-refractivity contribution is 0.0766. The van der Waals surface area contributed by atoms with Crippen molar-refractivity contribution in [2.75, 3.05) is 33.2 Å². The number of piperidine rings is 1. The number of urea groups is 1. The quantitative estimate of drug-likeness (QED) is 0.885. The summed E-state index contributed by atoms with van der Waals surface area (Å²) in [4.78, 5) is 28.2. The molecule has 1 N–H and O–H groups in total. The van der Waals surface area contributed by atoms with Gasteiger partial charge in [0.25, 0.3) is 5.91 Å². The van der Waals surface area contributed by atoms with Gasteiger partial charge in [0.15, 0.2) is 0 Å². The third-order valence-electron chi connectivity index (χ3n) is 5.44. The van der Waals surface area contributed by atoms with Gasteiger partial charge in [-0.3, -0.25) is 9.48 Å². The standard InChI is InChI=1S/C17H27N5O2/c1-12-10-15(20(3)19-12)16(23)22-9-6-14(11-22)13-4-7-21(8-5-13)17(24)18-2/h10,13-14H,4-9,11H2,1-3H3,(H,18,24). The van der Waals surface area contributed by atoms with E-state index < -0.39 is 0 Å². The summed E-state index contributed by atoms with van der Waals surface area (Å²) < 4.78 is 1.67. The highest BCUT2D eigenvalue weighted by molar-refractivity contribution is 5.92. The van der Waals surface area contributed by atoms with E-state index in [1.807, 2.05) is 29.8 Å². The van der Waals surface area contributed by atoms with Crippen LogP contribution in [-0.2, 0) is 7.05 Å². The Kier molecular flexibility index (Phi) is 4.78. The predicted octanol–water partition coefficient (Wildman–Crippen LogP) is 1.24. The average molecular weight is 333 g/mol. The maximum atomic E-state index is 12.7. The summed E-state index contributed by atoms with van der Waals surface area (Å²) in [5.41, 5.74) is 1.54. The third-order valence-corrected chi connectivity index (χ3v) is 5.44. The number of carbonyl (C=O) groups is 2. The van der Waals surface area contributed by atoms with E-state index in [-0.39, 0.29) is 11.9 Å². The van der Waals surface area contributed by atoms with Gasteiger partial charge < -0.3 is 15.1 Å². The highest BCUT2D eigenvalue weighted by Gasteiger charge is 2.35. The lowest BCUT2D eigenvalue weighted by Crippen LogP contribution is -2.44. The largest absolute Gasteiger partial charge is 0.341 e. The van der Waals surface area contributed by atoms with Gasteiger partial charge in [-0.15, -0.1) is 0 Å². The number of hydrogen-bond acceptors (Lipinski definition) is 3. The van der Waals surface area contributed by atoms with Gasteiger partial charge in [-0.2, -0.15) is 5.10 Å². The number of nitrogens with zero attached hydrogens (tertiary/aromatic N) is 4. The van der Waals surface area contributed by atoms with Crippen molar-refractivity contribution >= 4 is 11.9 Å². The van der Waals surface area contributed by atoms with E-state index in [0.29, 0.717) is 17.5 Å². The van der Waals surface area contributed by atoms with Gasteiger partial charge in [-0.25, -0.2) is 4.79 Å². The first-order chi connectivity index (χ1) is 11.5. The minimum atomic E-state index is 0.0169. The molecule has 0 bridgehead atoms. The van der Waals surface area contributed by atoms with Crippen molar-refractivity contribution < 1.29 is 9.59 Å². The lowest BCUT2D eigenvalue weighted by atomic mass is 9.84. The monoisotopic (exact) mass is 333 g/mol. The number of likely N-dealkylation sites (tertiary alicyclic amines) is 2. The van der Waals surface area contributed by atoms with Crippen LogP contribution in [0.4, 0.5) is 4.79 Å². The number of aryl methyl sites for hydroxylation is 2. The fourth-order valence-corrected chi connectivity index (χ4v) is 4.06. The molecule has 1 aromatic rings. The number of aromatic nitrogens is 2. The summed E-state index contributed by atoms with van der Waals surface area (Å²) in [6.45, 7) is 5.19. The molecule has 1 aromatic heterocycles. The molecule has 24 heavy (non-hydrogen) atoms. The van der Waals surface area contributed by atoms with Gasteiger partial charge in [0, 0.05) is 40.3 Å². The van der Waals surface area contributed by atoms with E-state index in [0.717, 1.165) is 51.1 Å². The van der Waals surface area contributed by atoms with Crippen LogP contribution in [-0.4, -0.2) is 64.7 Å². The first-order valence-electron chi connectivity index (χ1n) is 8.76. The molecule has 7 nitrogen and oxygen atoms in total. The Hall–Kier alpha value is -2.05. The van der Waals surface area contributed by atoms with Crippen molar-refractivity contribution in [2.24, 2.45) is 18.9 Å². The summed E-state index contributed by atoms with van der Waals surface area (Å²) in [5, 5.41) is 6.96. The molecule has 2 aliphatic rings. The molecule has 0 spiro atoms. The molecular weight excluding hydrogens is 306 g/mol. The van der Waals surface area contributed by atoms with Crippen LogP contribution in [0.3, 0.4) is 0 Å². The number of amides is 3. The van der Waals surface area contributed by atoms with E-state index in [2.05, 4.69) is 10.4 Å². The van der Waals surface area contributed by atoms with Gasteiger partial charge in [0.1, 0.15) is 5.69 Å². The van der Waals surface area contributed by atoms with Crippen molar-refractivity contribution in [1.82, 2.24) is 24.9 Å². The van der Waals surface area contributed by atoms with E-state index in [1.54, 1.807) is 11.7 Å². The summed E-state index contributed by atoms with van der Waals surface area (Å²) in [5.74, 6) is 1.25. The molecule has 0 aliphatic carbocycles. The van der Waals surface area contributed by atoms with Crippen molar-refractivity contribution in [3.05, 3.63) is 17.5 Å². The topological polar surface area (TPSA) is 70.5 Å². The zero-order valence-corrected chi connectivity index (χ0v) is 14.8. The van der Waals surface area contributed by atoms with Crippen LogP contribution in [0.1, 0.15) is 35.4 Å². The van der Waals surface area contributed by atoms with Crippen LogP contribution in [0, 0.1) is 18.8 Å². The molecule has 3 amide bonds. The van der Waals surface area contributed by atoms with Crippen LogP contribution in [0.2, 0.25) is 0 Å². The van der Waals surface area contributed by atoms with Gasteiger partial charge in [0.05, 0.1) is 5.69 Å². The normalized spacial score (nSPS) is 22.0. The smallest absolute Gasteiger partial charge is 0.317 e. The molecule has 3 heterocycles. The first kappa shape index (κ1) is 16.8. The van der Waals surface area contributed by atoms with Gasteiger partial charge >= 0.3 is 6.03 Å². The molecule has 0 radical (unpaired) electrons. The van der Waals surface area contributed by atoms with Crippen molar-refractivity contribution in [2.45, 2.75) is 26.2 Å². The van der Waals surface area contributed by atoms with E-state index in [1.165, 1.54) is 0 Å². The Balaban J connectivity index is 1.55.